The highest BCUT2D eigenvalue weighted by Gasteiger charge is 2.27. The van der Waals surface area contributed by atoms with Gasteiger partial charge in [0.2, 0.25) is 5.91 Å². The number of nitrogens with zero attached hydrogens (tertiary/aromatic N) is 3. The quantitative estimate of drug-likeness (QED) is 0.299. The fourth-order valence-corrected chi connectivity index (χ4v) is 4.26. The smallest absolute Gasteiger partial charge is 0.222 e. The Morgan fingerprint density at radius 3 is 2.29 bits per heavy atom. The zero-order valence-electron chi connectivity index (χ0n) is 19.5. The lowest BCUT2D eigenvalue weighted by Crippen LogP contribution is -2.54. The first kappa shape index (κ1) is 25.9. The van der Waals surface area contributed by atoms with Crippen molar-refractivity contribution in [2.75, 3.05) is 32.7 Å². The number of aliphatic imine (C=N–C) groups is 1. The highest BCUT2D eigenvalue weighted by molar-refractivity contribution is 14.0. The number of hydrogen-bond acceptors (Lipinski definition) is 3. The summed E-state index contributed by atoms with van der Waals surface area (Å²) in [6, 6.07) is 8.49. The molecule has 2 saturated heterocycles. The molecule has 6 nitrogen and oxygen atoms in total. The molecule has 0 saturated carbocycles. The third kappa shape index (κ3) is 7.93. The van der Waals surface area contributed by atoms with E-state index < -0.39 is 0 Å². The molecule has 2 heterocycles. The summed E-state index contributed by atoms with van der Waals surface area (Å²) in [7, 11) is 0. The second-order valence-electron chi connectivity index (χ2n) is 9.14. The van der Waals surface area contributed by atoms with Gasteiger partial charge in [-0.2, -0.15) is 0 Å². The van der Waals surface area contributed by atoms with Gasteiger partial charge in [0, 0.05) is 38.1 Å². The molecule has 7 heteroatoms. The van der Waals surface area contributed by atoms with Crippen LogP contribution in [-0.4, -0.2) is 59.9 Å². The van der Waals surface area contributed by atoms with Crippen LogP contribution < -0.4 is 10.6 Å². The summed E-state index contributed by atoms with van der Waals surface area (Å²) in [4.78, 5) is 21.1. The Hall–Kier alpha value is -1.35. The Morgan fingerprint density at radius 1 is 1.00 bits per heavy atom. The molecule has 1 aromatic rings. The lowest BCUT2D eigenvalue weighted by atomic mass is 9.98. The number of hydrogen-bond donors (Lipinski definition) is 2. The van der Waals surface area contributed by atoms with E-state index in [-0.39, 0.29) is 35.4 Å². The van der Waals surface area contributed by atoms with Gasteiger partial charge < -0.3 is 15.5 Å². The first-order chi connectivity index (χ1) is 14.5. The molecule has 0 radical (unpaired) electrons. The Kier molecular flexibility index (Phi) is 10.6. The summed E-state index contributed by atoms with van der Waals surface area (Å²) in [5, 5.41) is 6.92. The molecular weight excluding hydrogens is 501 g/mol. The second kappa shape index (κ2) is 12.6. The Balaban J connectivity index is 0.00000341. The topological polar surface area (TPSA) is 60.0 Å². The maximum Gasteiger partial charge on any atom is 0.222 e. The van der Waals surface area contributed by atoms with E-state index in [1.807, 2.05) is 4.90 Å². The van der Waals surface area contributed by atoms with E-state index in [1.54, 1.807) is 0 Å². The van der Waals surface area contributed by atoms with Crippen LogP contribution in [0.2, 0.25) is 0 Å². The summed E-state index contributed by atoms with van der Waals surface area (Å²) < 4.78 is 0. The third-order valence-electron chi connectivity index (χ3n) is 6.23. The zero-order chi connectivity index (χ0) is 21.4. The van der Waals surface area contributed by atoms with Crippen molar-refractivity contribution in [1.82, 2.24) is 20.4 Å². The Bertz CT molecular complexity index is 713. The van der Waals surface area contributed by atoms with Crippen molar-refractivity contribution >= 4 is 35.8 Å². The van der Waals surface area contributed by atoms with E-state index in [1.165, 1.54) is 43.5 Å². The molecule has 0 aliphatic carbocycles. The van der Waals surface area contributed by atoms with Crippen LogP contribution in [0.1, 0.15) is 64.0 Å². The van der Waals surface area contributed by atoms with Gasteiger partial charge in [-0.1, -0.05) is 30.7 Å². The van der Waals surface area contributed by atoms with Crippen molar-refractivity contribution in [2.24, 2.45) is 4.99 Å². The highest BCUT2D eigenvalue weighted by atomic mass is 127. The fourth-order valence-electron chi connectivity index (χ4n) is 4.26. The lowest BCUT2D eigenvalue weighted by molar-refractivity contribution is -0.128. The standard InChI is InChI=1S/C24H39N5O.HI/c1-4-25-23(27-19-24(2,3)29-15-6-5-7-16-29)26-17-20-10-12-21(13-11-20)18-28-14-8-9-22(28)30;/h10-13H,4-9,14-19H2,1-3H3,(H2,25,26,27);1H. The normalized spacial score (nSPS) is 18.1. The minimum atomic E-state index is 0. The number of carbonyl (C=O) groups is 1. The number of nitrogens with one attached hydrogen (secondary N) is 2. The molecule has 3 rings (SSSR count). The largest absolute Gasteiger partial charge is 0.357 e. The average molecular weight is 542 g/mol. The maximum atomic E-state index is 11.8. The number of piperidine rings is 1. The molecule has 1 aromatic carbocycles. The monoisotopic (exact) mass is 541 g/mol. The molecule has 0 bridgehead atoms. The van der Waals surface area contributed by atoms with Gasteiger partial charge in [0.1, 0.15) is 0 Å². The van der Waals surface area contributed by atoms with Crippen molar-refractivity contribution in [3.63, 3.8) is 0 Å². The number of benzene rings is 1. The van der Waals surface area contributed by atoms with Gasteiger partial charge >= 0.3 is 0 Å². The average Bonchev–Trinajstić information content (AvgIpc) is 3.16. The number of halogens is 1. The SMILES string of the molecule is CCNC(=NCc1ccc(CN2CCCC2=O)cc1)NCC(C)(C)N1CCCCC1.I. The number of guanidine groups is 1. The Morgan fingerprint density at radius 2 is 1.68 bits per heavy atom. The zero-order valence-corrected chi connectivity index (χ0v) is 21.8. The van der Waals surface area contributed by atoms with Crippen LogP contribution in [0, 0.1) is 0 Å². The van der Waals surface area contributed by atoms with Crippen LogP contribution >= 0.6 is 24.0 Å². The maximum absolute atomic E-state index is 11.8. The van der Waals surface area contributed by atoms with E-state index in [0.29, 0.717) is 13.0 Å². The molecule has 1 amide bonds. The van der Waals surface area contributed by atoms with Gasteiger partial charge in [-0.05, 0) is 64.3 Å². The molecular formula is C24H40IN5O. The molecule has 2 fully saturated rings. The molecule has 0 aromatic heterocycles. The third-order valence-corrected chi connectivity index (χ3v) is 6.23. The molecule has 2 aliphatic rings. The predicted octanol–water partition coefficient (Wildman–Crippen LogP) is 3.75. The van der Waals surface area contributed by atoms with Gasteiger partial charge in [0.25, 0.3) is 0 Å². The minimum absolute atomic E-state index is 0. The van der Waals surface area contributed by atoms with Crippen molar-refractivity contribution in [3.05, 3.63) is 35.4 Å². The summed E-state index contributed by atoms with van der Waals surface area (Å²) in [6.45, 7) is 13.1. The van der Waals surface area contributed by atoms with Crippen molar-refractivity contribution in [3.8, 4) is 0 Å². The number of amides is 1. The van der Waals surface area contributed by atoms with Gasteiger partial charge in [-0.15, -0.1) is 24.0 Å². The van der Waals surface area contributed by atoms with E-state index in [9.17, 15) is 4.79 Å². The minimum Gasteiger partial charge on any atom is -0.357 e. The van der Waals surface area contributed by atoms with Crippen LogP contribution in [0.25, 0.3) is 0 Å². The van der Waals surface area contributed by atoms with E-state index in [0.717, 1.165) is 38.6 Å². The van der Waals surface area contributed by atoms with E-state index in [4.69, 9.17) is 4.99 Å². The van der Waals surface area contributed by atoms with Crippen molar-refractivity contribution < 1.29 is 4.79 Å². The lowest BCUT2D eigenvalue weighted by Gasteiger charge is -2.41. The molecule has 2 aliphatic heterocycles. The molecule has 0 spiro atoms. The number of carbonyl (C=O) groups excluding carboxylic acids is 1. The molecule has 2 N–H and O–H groups in total. The second-order valence-corrected chi connectivity index (χ2v) is 9.14. The number of rotatable bonds is 8. The Labute approximate surface area is 205 Å². The molecule has 0 atom stereocenters. The van der Waals surface area contributed by atoms with Crippen LogP contribution in [0.3, 0.4) is 0 Å². The first-order valence-corrected chi connectivity index (χ1v) is 11.6. The first-order valence-electron chi connectivity index (χ1n) is 11.6. The number of likely N-dealkylation sites (tertiary alicyclic amines) is 2. The van der Waals surface area contributed by atoms with E-state index in [2.05, 4.69) is 60.6 Å². The summed E-state index contributed by atoms with van der Waals surface area (Å²) >= 11 is 0. The summed E-state index contributed by atoms with van der Waals surface area (Å²) in [5.74, 6) is 1.15. The molecule has 0 unspecified atom stereocenters. The molecule has 31 heavy (non-hydrogen) atoms. The highest BCUT2D eigenvalue weighted by Crippen LogP contribution is 2.20. The van der Waals surface area contributed by atoms with Crippen LogP contribution in [0.4, 0.5) is 0 Å². The van der Waals surface area contributed by atoms with Crippen LogP contribution in [0.5, 0.6) is 0 Å². The molecule has 174 valence electrons. The van der Waals surface area contributed by atoms with Crippen molar-refractivity contribution in [2.45, 2.75) is 71.5 Å². The van der Waals surface area contributed by atoms with Gasteiger partial charge in [-0.3, -0.25) is 9.69 Å². The van der Waals surface area contributed by atoms with Crippen LogP contribution in [-0.2, 0) is 17.9 Å². The summed E-state index contributed by atoms with van der Waals surface area (Å²) in [6.07, 6.45) is 5.65. The fraction of sp³-hybridized carbons (Fsp3) is 0.667. The van der Waals surface area contributed by atoms with Crippen LogP contribution in [0.15, 0.2) is 29.3 Å². The predicted molar refractivity (Wildman–Crippen MR) is 139 cm³/mol. The van der Waals surface area contributed by atoms with Gasteiger partial charge in [0.05, 0.1) is 6.54 Å². The van der Waals surface area contributed by atoms with Gasteiger partial charge in [-0.25, -0.2) is 4.99 Å². The van der Waals surface area contributed by atoms with Gasteiger partial charge in [0.15, 0.2) is 5.96 Å². The summed E-state index contributed by atoms with van der Waals surface area (Å²) in [5.41, 5.74) is 2.48. The van der Waals surface area contributed by atoms with E-state index >= 15 is 0 Å². The van der Waals surface area contributed by atoms with Crippen molar-refractivity contribution in [1.29, 1.82) is 0 Å².